The molecule has 1 aromatic heterocycles. The fourth-order valence-electron chi connectivity index (χ4n) is 2.13. The molecule has 1 saturated heterocycles. The minimum atomic E-state index is 0.0860. The Kier molecular flexibility index (Phi) is 3.59. The molecule has 1 aromatic rings. The van der Waals surface area contributed by atoms with Crippen LogP contribution in [0, 0.1) is 0 Å². The number of nitrogens with one attached hydrogen (secondary N) is 1. The molecule has 0 spiro atoms. The maximum Gasteiger partial charge on any atom is 0.232 e. The third kappa shape index (κ3) is 2.43. The van der Waals surface area contributed by atoms with E-state index >= 15 is 0 Å². The van der Waals surface area contributed by atoms with Gasteiger partial charge in [0.25, 0.3) is 0 Å². The van der Waals surface area contributed by atoms with Crippen LogP contribution in [0.15, 0.2) is 4.52 Å². The van der Waals surface area contributed by atoms with Gasteiger partial charge in [-0.05, 0) is 32.4 Å². The molecule has 1 aliphatic rings. The number of rotatable bonds is 4. The maximum absolute atomic E-state index is 5.42. The second kappa shape index (κ2) is 4.95. The first-order valence-electron chi connectivity index (χ1n) is 6.28. The Morgan fingerprint density at radius 1 is 1.38 bits per heavy atom. The van der Waals surface area contributed by atoms with Crippen LogP contribution in [0.25, 0.3) is 0 Å². The van der Waals surface area contributed by atoms with Crippen molar-refractivity contribution < 1.29 is 4.52 Å². The lowest BCUT2D eigenvalue weighted by molar-refractivity contribution is 0.240. The van der Waals surface area contributed by atoms with Crippen LogP contribution in [0.1, 0.15) is 51.2 Å². The lowest BCUT2D eigenvalue weighted by atomic mass is 9.81. The van der Waals surface area contributed by atoms with Gasteiger partial charge in [-0.15, -0.1) is 0 Å². The van der Waals surface area contributed by atoms with E-state index in [9.17, 15) is 0 Å². The largest absolute Gasteiger partial charge is 0.339 e. The quantitative estimate of drug-likeness (QED) is 0.848. The van der Waals surface area contributed by atoms with Crippen LogP contribution < -0.4 is 5.32 Å². The minimum absolute atomic E-state index is 0.0860. The molecule has 1 N–H and O–H groups in total. The second-order valence-electron chi connectivity index (χ2n) is 4.93. The van der Waals surface area contributed by atoms with Gasteiger partial charge in [0.2, 0.25) is 5.89 Å². The van der Waals surface area contributed by atoms with Gasteiger partial charge in [0.05, 0.1) is 0 Å². The second-order valence-corrected chi connectivity index (χ2v) is 4.93. The number of nitrogens with zero attached hydrogens (tertiary/aromatic N) is 2. The Labute approximate surface area is 96.8 Å². The number of hydrogen-bond acceptors (Lipinski definition) is 4. The summed E-state index contributed by atoms with van der Waals surface area (Å²) in [7, 11) is 0. The molecular formula is C12H21N3O. The molecule has 0 atom stereocenters. The molecule has 2 rings (SSSR count). The fourth-order valence-corrected chi connectivity index (χ4v) is 2.13. The zero-order chi connectivity index (χ0) is 11.4. The van der Waals surface area contributed by atoms with E-state index in [-0.39, 0.29) is 5.41 Å². The maximum atomic E-state index is 5.42. The van der Waals surface area contributed by atoms with Gasteiger partial charge in [-0.3, -0.25) is 0 Å². The van der Waals surface area contributed by atoms with Crippen molar-refractivity contribution in [3.8, 4) is 0 Å². The normalized spacial score (nSPS) is 19.9. The highest BCUT2D eigenvalue weighted by molar-refractivity contribution is 5.05. The van der Waals surface area contributed by atoms with Crippen molar-refractivity contribution >= 4 is 0 Å². The molecule has 1 fully saturated rings. The molecular weight excluding hydrogens is 202 g/mol. The highest BCUT2D eigenvalue weighted by Crippen LogP contribution is 2.31. The molecule has 1 aliphatic heterocycles. The zero-order valence-corrected chi connectivity index (χ0v) is 10.3. The predicted molar refractivity (Wildman–Crippen MR) is 62.4 cm³/mol. The Morgan fingerprint density at radius 3 is 2.81 bits per heavy atom. The standard InChI is InChI=1S/C12H21N3O/c1-3-4-5-10-14-11(16-15-10)12(2)6-8-13-9-7-12/h13H,3-9H2,1-2H3. The lowest BCUT2D eigenvalue weighted by Gasteiger charge is -2.30. The van der Waals surface area contributed by atoms with Crippen molar-refractivity contribution in [2.24, 2.45) is 0 Å². The first kappa shape index (κ1) is 11.6. The Morgan fingerprint density at radius 2 is 2.12 bits per heavy atom. The molecule has 0 saturated carbocycles. The van der Waals surface area contributed by atoms with Crippen molar-refractivity contribution in [2.75, 3.05) is 13.1 Å². The van der Waals surface area contributed by atoms with E-state index in [0.717, 1.165) is 50.5 Å². The van der Waals surface area contributed by atoms with Crippen LogP contribution in [-0.2, 0) is 11.8 Å². The molecule has 2 heterocycles. The van der Waals surface area contributed by atoms with E-state index in [1.54, 1.807) is 0 Å². The summed E-state index contributed by atoms with van der Waals surface area (Å²) in [5.74, 6) is 1.71. The van der Waals surface area contributed by atoms with Crippen LogP contribution in [0.5, 0.6) is 0 Å². The van der Waals surface area contributed by atoms with Crippen LogP contribution >= 0.6 is 0 Å². The average molecular weight is 223 g/mol. The van der Waals surface area contributed by atoms with E-state index in [2.05, 4.69) is 29.3 Å². The molecule has 4 heteroatoms. The van der Waals surface area contributed by atoms with E-state index in [0.29, 0.717) is 0 Å². The number of unbranched alkanes of at least 4 members (excludes halogenated alkanes) is 1. The van der Waals surface area contributed by atoms with Gasteiger partial charge >= 0.3 is 0 Å². The van der Waals surface area contributed by atoms with Gasteiger partial charge in [-0.25, -0.2) is 0 Å². The third-order valence-corrected chi connectivity index (χ3v) is 3.45. The van der Waals surface area contributed by atoms with E-state index in [1.807, 2.05) is 0 Å². The Hall–Kier alpha value is -0.900. The Balaban J connectivity index is 2.05. The number of hydrogen-bond donors (Lipinski definition) is 1. The summed E-state index contributed by atoms with van der Waals surface area (Å²) >= 11 is 0. The van der Waals surface area contributed by atoms with Crippen LogP contribution in [0.4, 0.5) is 0 Å². The minimum Gasteiger partial charge on any atom is -0.339 e. The van der Waals surface area contributed by atoms with Crippen LogP contribution in [0.3, 0.4) is 0 Å². The van der Waals surface area contributed by atoms with Crippen LogP contribution in [0.2, 0.25) is 0 Å². The third-order valence-electron chi connectivity index (χ3n) is 3.45. The molecule has 0 amide bonds. The Bertz CT molecular complexity index is 329. The molecule has 0 aliphatic carbocycles. The molecule has 0 aromatic carbocycles. The molecule has 0 radical (unpaired) electrons. The van der Waals surface area contributed by atoms with E-state index in [1.165, 1.54) is 6.42 Å². The summed E-state index contributed by atoms with van der Waals surface area (Å²) in [5, 5.41) is 7.43. The zero-order valence-electron chi connectivity index (χ0n) is 10.3. The van der Waals surface area contributed by atoms with E-state index < -0.39 is 0 Å². The van der Waals surface area contributed by atoms with Gasteiger partial charge in [0.15, 0.2) is 5.82 Å². The van der Waals surface area contributed by atoms with Gasteiger partial charge in [-0.2, -0.15) is 4.98 Å². The van der Waals surface area contributed by atoms with Crippen molar-refractivity contribution in [1.82, 2.24) is 15.5 Å². The molecule has 90 valence electrons. The number of piperidine rings is 1. The summed E-state index contributed by atoms with van der Waals surface area (Å²) in [6.45, 7) is 6.49. The monoisotopic (exact) mass is 223 g/mol. The van der Waals surface area contributed by atoms with E-state index in [4.69, 9.17) is 4.52 Å². The first-order chi connectivity index (χ1) is 7.74. The van der Waals surface area contributed by atoms with Crippen molar-refractivity contribution in [2.45, 2.75) is 51.4 Å². The van der Waals surface area contributed by atoms with Crippen LogP contribution in [-0.4, -0.2) is 23.2 Å². The molecule has 16 heavy (non-hydrogen) atoms. The highest BCUT2D eigenvalue weighted by Gasteiger charge is 2.34. The van der Waals surface area contributed by atoms with Gasteiger partial charge in [0, 0.05) is 11.8 Å². The topological polar surface area (TPSA) is 51.0 Å². The lowest BCUT2D eigenvalue weighted by Crippen LogP contribution is -2.37. The van der Waals surface area contributed by atoms with Gasteiger partial charge < -0.3 is 9.84 Å². The van der Waals surface area contributed by atoms with Crippen molar-refractivity contribution in [1.29, 1.82) is 0 Å². The molecule has 0 unspecified atom stereocenters. The van der Waals surface area contributed by atoms with Gasteiger partial charge in [-0.1, -0.05) is 25.4 Å². The summed E-state index contributed by atoms with van der Waals surface area (Å²) in [6, 6.07) is 0. The highest BCUT2D eigenvalue weighted by atomic mass is 16.5. The average Bonchev–Trinajstić information content (AvgIpc) is 2.77. The SMILES string of the molecule is CCCCc1noc(C2(C)CCNCC2)n1. The molecule has 4 nitrogen and oxygen atoms in total. The fraction of sp³-hybridized carbons (Fsp3) is 0.833. The summed E-state index contributed by atoms with van der Waals surface area (Å²) < 4.78 is 5.42. The summed E-state index contributed by atoms with van der Waals surface area (Å²) in [6.07, 6.45) is 5.42. The summed E-state index contributed by atoms with van der Waals surface area (Å²) in [4.78, 5) is 4.54. The van der Waals surface area contributed by atoms with Crippen molar-refractivity contribution in [3.05, 3.63) is 11.7 Å². The van der Waals surface area contributed by atoms with Crippen molar-refractivity contribution in [3.63, 3.8) is 0 Å². The first-order valence-corrected chi connectivity index (χ1v) is 6.28. The summed E-state index contributed by atoms with van der Waals surface area (Å²) in [5.41, 5.74) is 0.0860. The smallest absolute Gasteiger partial charge is 0.232 e. The van der Waals surface area contributed by atoms with Gasteiger partial charge in [0.1, 0.15) is 0 Å². The number of aromatic nitrogens is 2. The predicted octanol–water partition coefficient (Wildman–Crippen LogP) is 2.05. The number of aryl methyl sites for hydroxylation is 1. The molecule has 0 bridgehead atoms.